The number of nitrogens with zero attached hydrogens (tertiary/aromatic N) is 1. The van der Waals surface area contributed by atoms with Gasteiger partial charge in [0.1, 0.15) is 12.2 Å². The number of esters is 2. The molecule has 1 fully saturated rings. The lowest BCUT2D eigenvalue weighted by Crippen LogP contribution is -2.43. The van der Waals surface area contributed by atoms with Gasteiger partial charge in [-0.3, -0.25) is 9.59 Å². The van der Waals surface area contributed by atoms with Crippen LogP contribution < -0.4 is 0 Å². The van der Waals surface area contributed by atoms with Gasteiger partial charge in [-0.2, -0.15) is 13.2 Å². The van der Waals surface area contributed by atoms with Crippen molar-refractivity contribution in [2.24, 2.45) is 29.1 Å². The van der Waals surface area contributed by atoms with E-state index in [0.29, 0.717) is 32.4 Å². The second kappa shape index (κ2) is 14.4. The van der Waals surface area contributed by atoms with E-state index < -0.39 is 36.2 Å². The number of carbonyl (C=O) groups excluding carboxylic acids is 3. The van der Waals surface area contributed by atoms with Crippen molar-refractivity contribution in [3.63, 3.8) is 0 Å². The molecule has 1 aliphatic heterocycles. The molecule has 238 valence electrons. The van der Waals surface area contributed by atoms with Crippen molar-refractivity contribution in [2.45, 2.75) is 117 Å². The van der Waals surface area contributed by atoms with E-state index in [1.807, 2.05) is 20.8 Å². The zero-order valence-corrected chi connectivity index (χ0v) is 25.6. The fourth-order valence-corrected chi connectivity index (χ4v) is 6.33. The first-order valence-corrected chi connectivity index (χ1v) is 15.5. The number of ether oxygens (including phenoxy) is 2. The van der Waals surface area contributed by atoms with Crippen LogP contribution in [0.5, 0.6) is 0 Å². The maximum atomic E-state index is 13.0. The number of alkyl halides is 3. The summed E-state index contributed by atoms with van der Waals surface area (Å²) in [4.78, 5) is 39.1. The number of likely N-dealkylation sites (tertiary alicyclic amines) is 1. The standard InChI is InChI=1S/C32H48F3NO6/c1-6-31(4,5)29(39)42-26-17-20(2)16-22-11-10-21(3)25(28(22)26)13-12-23(37)18-24(41-30(40)32(33,34)35)19-27(38)36-14-8-7-9-15-36/h10-11,16,20-21,23-26,28,37H,6-9,12-15,17-19H2,1-5H3. The van der Waals surface area contributed by atoms with Gasteiger partial charge >= 0.3 is 18.1 Å². The maximum absolute atomic E-state index is 13.0. The Morgan fingerprint density at radius 1 is 1.10 bits per heavy atom. The first-order valence-electron chi connectivity index (χ1n) is 15.5. The monoisotopic (exact) mass is 599 g/mol. The Balaban J connectivity index is 1.70. The number of fused-ring (bicyclic) bond motifs is 1. The van der Waals surface area contributed by atoms with Crippen LogP contribution in [0.1, 0.15) is 92.4 Å². The van der Waals surface area contributed by atoms with E-state index in [-0.39, 0.29) is 54.5 Å². The zero-order chi connectivity index (χ0) is 31.2. The number of halogens is 3. The third kappa shape index (κ3) is 9.07. The largest absolute Gasteiger partial charge is 0.490 e. The van der Waals surface area contributed by atoms with Crippen LogP contribution >= 0.6 is 0 Å². The van der Waals surface area contributed by atoms with Crippen LogP contribution in [0.4, 0.5) is 13.2 Å². The molecule has 7 unspecified atom stereocenters. The minimum absolute atomic E-state index is 0.0251. The van der Waals surface area contributed by atoms with E-state index in [0.717, 1.165) is 24.8 Å². The topological polar surface area (TPSA) is 93.1 Å². The van der Waals surface area contributed by atoms with Gasteiger partial charge in [0.15, 0.2) is 0 Å². The predicted molar refractivity (Wildman–Crippen MR) is 152 cm³/mol. The second-order valence-corrected chi connectivity index (χ2v) is 13.1. The molecule has 3 rings (SSSR count). The molecule has 1 N–H and O–H groups in total. The molecular formula is C32H48F3NO6. The van der Waals surface area contributed by atoms with Crippen molar-refractivity contribution >= 4 is 17.8 Å². The Labute approximate surface area is 247 Å². The average Bonchev–Trinajstić information content (AvgIpc) is 2.92. The third-order valence-electron chi connectivity index (χ3n) is 9.27. The van der Waals surface area contributed by atoms with Crippen LogP contribution in [0.2, 0.25) is 0 Å². The van der Waals surface area contributed by atoms with Crippen LogP contribution in [-0.2, 0) is 23.9 Å². The lowest BCUT2D eigenvalue weighted by atomic mass is 9.65. The fourth-order valence-electron chi connectivity index (χ4n) is 6.33. The molecule has 1 saturated heterocycles. The lowest BCUT2D eigenvalue weighted by molar-refractivity contribution is -0.206. The summed E-state index contributed by atoms with van der Waals surface area (Å²) in [5.74, 6) is -2.67. The molecule has 1 amide bonds. The van der Waals surface area contributed by atoms with Gasteiger partial charge in [0.05, 0.1) is 17.9 Å². The van der Waals surface area contributed by atoms with Gasteiger partial charge in [-0.15, -0.1) is 0 Å². The predicted octanol–water partition coefficient (Wildman–Crippen LogP) is 6.15. The Kier molecular flexibility index (Phi) is 11.7. The highest BCUT2D eigenvalue weighted by atomic mass is 19.4. The summed E-state index contributed by atoms with van der Waals surface area (Å²) in [6, 6.07) is 0. The van der Waals surface area contributed by atoms with Gasteiger partial charge in [-0.05, 0) is 82.1 Å². The molecule has 3 aliphatic rings. The number of hydrogen-bond acceptors (Lipinski definition) is 6. The molecule has 10 heteroatoms. The Morgan fingerprint density at radius 2 is 1.76 bits per heavy atom. The number of carbonyl (C=O) groups is 3. The van der Waals surface area contributed by atoms with Gasteiger partial charge in [-0.25, -0.2) is 4.79 Å². The number of hydrogen-bond donors (Lipinski definition) is 1. The highest BCUT2D eigenvalue weighted by Gasteiger charge is 2.44. The molecule has 0 radical (unpaired) electrons. The normalized spacial score (nSPS) is 27.9. The van der Waals surface area contributed by atoms with Crippen LogP contribution in [0.25, 0.3) is 0 Å². The van der Waals surface area contributed by atoms with E-state index >= 15 is 0 Å². The first kappa shape index (κ1) is 34.1. The van der Waals surface area contributed by atoms with Gasteiger partial charge < -0.3 is 19.5 Å². The quantitative estimate of drug-likeness (QED) is 0.287. The summed E-state index contributed by atoms with van der Waals surface area (Å²) in [5, 5.41) is 10.9. The zero-order valence-electron chi connectivity index (χ0n) is 25.6. The van der Waals surface area contributed by atoms with E-state index in [1.165, 1.54) is 0 Å². The second-order valence-electron chi connectivity index (χ2n) is 13.1. The van der Waals surface area contributed by atoms with Crippen LogP contribution in [0.3, 0.4) is 0 Å². The van der Waals surface area contributed by atoms with Crippen molar-refractivity contribution in [3.8, 4) is 0 Å². The summed E-state index contributed by atoms with van der Waals surface area (Å²) < 4.78 is 49.8. The van der Waals surface area contributed by atoms with Gasteiger partial charge in [-0.1, -0.05) is 39.0 Å². The number of aliphatic hydroxyl groups is 1. The Hall–Kier alpha value is -2.36. The molecule has 0 aromatic carbocycles. The van der Waals surface area contributed by atoms with E-state index in [4.69, 9.17) is 9.47 Å². The molecule has 0 aromatic heterocycles. The van der Waals surface area contributed by atoms with Crippen molar-refractivity contribution in [1.82, 2.24) is 4.90 Å². The SMILES string of the molecule is CCC(C)(C)C(=O)OC1CC(C)C=C2C=CC(C)C(CCC(O)CC(CC(=O)N3CCCCC3)OC(=O)C(F)(F)F)C21. The maximum Gasteiger partial charge on any atom is 0.490 e. The fraction of sp³-hybridized carbons (Fsp3) is 0.781. The summed E-state index contributed by atoms with van der Waals surface area (Å²) >= 11 is 0. The minimum Gasteiger partial charge on any atom is -0.461 e. The lowest BCUT2D eigenvalue weighted by Gasteiger charge is -2.44. The Morgan fingerprint density at radius 3 is 2.38 bits per heavy atom. The summed E-state index contributed by atoms with van der Waals surface area (Å²) in [5.41, 5.74) is 0.489. The van der Waals surface area contributed by atoms with Gasteiger partial charge in [0, 0.05) is 25.4 Å². The molecule has 7 nitrogen and oxygen atoms in total. The van der Waals surface area contributed by atoms with Crippen LogP contribution in [0, 0.1) is 29.1 Å². The summed E-state index contributed by atoms with van der Waals surface area (Å²) in [6.07, 6.45) is 2.44. The molecule has 0 aromatic rings. The first-order chi connectivity index (χ1) is 19.6. The van der Waals surface area contributed by atoms with E-state index in [9.17, 15) is 32.7 Å². The number of amides is 1. The number of allylic oxidation sites excluding steroid dienone is 3. The summed E-state index contributed by atoms with van der Waals surface area (Å²) in [6.45, 7) is 10.9. The molecule has 0 bridgehead atoms. The van der Waals surface area contributed by atoms with Gasteiger partial charge in [0.2, 0.25) is 5.91 Å². The number of rotatable bonds is 11. The Bertz CT molecular complexity index is 1020. The molecule has 42 heavy (non-hydrogen) atoms. The summed E-state index contributed by atoms with van der Waals surface area (Å²) in [7, 11) is 0. The number of aliphatic hydroxyl groups excluding tert-OH is 1. The molecule has 1 heterocycles. The highest BCUT2D eigenvalue weighted by Crippen LogP contribution is 2.45. The average molecular weight is 600 g/mol. The number of piperidine rings is 1. The third-order valence-corrected chi connectivity index (χ3v) is 9.27. The smallest absolute Gasteiger partial charge is 0.461 e. The molecule has 7 atom stereocenters. The van der Waals surface area contributed by atoms with E-state index in [1.54, 1.807) is 4.90 Å². The van der Waals surface area contributed by atoms with Crippen LogP contribution in [-0.4, -0.2) is 65.4 Å². The van der Waals surface area contributed by atoms with Crippen LogP contribution in [0.15, 0.2) is 23.8 Å². The molecule has 0 spiro atoms. The van der Waals surface area contributed by atoms with Crippen molar-refractivity contribution in [3.05, 3.63) is 23.8 Å². The molecule has 0 saturated carbocycles. The highest BCUT2D eigenvalue weighted by molar-refractivity contribution is 5.79. The van der Waals surface area contributed by atoms with Crippen molar-refractivity contribution in [1.29, 1.82) is 0 Å². The van der Waals surface area contributed by atoms with Crippen molar-refractivity contribution in [2.75, 3.05) is 13.1 Å². The molecule has 2 aliphatic carbocycles. The minimum atomic E-state index is -5.19. The van der Waals surface area contributed by atoms with Gasteiger partial charge in [0.25, 0.3) is 0 Å². The van der Waals surface area contributed by atoms with E-state index in [2.05, 4.69) is 32.1 Å². The van der Waals surface area contributed by atoms with Crippen molar-refractivity contribution < 1.29 is 42.1 Å². The molecular weight excluding hydrogens is 551 g/mol.